The lowest BCUT2D eigenvalue weighted by Gasteiger charge is -2.26. The van der Waals surface area contributed by atoms with Crippen molar-refractivity contribution in [3.8, 4) is 0 Å². The Balaban J connectivity index is 1.94. The smallest absolute Gasteiger partial charge is 0.224 e. The molecule has 86 valence electrons. The first-order chi connectivity index (χ1) is 7.79. The maximum absolute atomic E-state index is 11.7. The van der Waals surface area contributed by atoms with E-state index in [1.165, 1.54) is 0 Å². The molecule has 1 aromatic carbocycles. The van der Waals surface area contributed by atoms with Crippen LogP contribution >= 0.6 is 11.8 Å². The molecule has 0 aliphatic carbocycles. The van der Waals surface area contributed by atoms with Crippen LogP contribution in [0.4, 0.5) is 5.69 Å². The van der Waals surface area contributed by atoms with E-state index in [0.29, 0.717) is 12.3 Å². The third-order valence-electron chi connectivity index (χ3n) is 2.72. The predicted octanol–water partition coefficient (Wildman–Crippen LogP) is 1.96. The quantitative estimate of drug-likeness (QED) is 0.785. The van der Waals surface area contributed by atoms with Crippen molar-refractivity contribution in [2.45, 2.75) is 11.3 Å². The molecular formula is C12H16N2OS. The van der Waals surface area contributed by atoms with E-state index in [-0.39, 0.29) is 5.91 Å². The Kier molecular flexibility index (Phi) is 3.85. The summed E-state index contributed by atoms with van der Waals surface area (Å²) in [6.07, 6.45) is 2.64. The van der Waals surface area contributed by atoms with Crippen LogP contribution in [0.1, 0.15) is 6.42 Å². The molecule has 0 unspecified atom stereocenters. The first kappa shape index (κ1) is 11.5. The number of carbonyl (C=O) groups is 1. The summed E-state index contributed by atoms with van der Waals surface area (Å²) < 4.78 is 0. The number of carbonyl (C=O) groups excluding carboxylic acids is 1. The average Bonchev–Trinajstić information content (AvgIpc) is 2.24. The van der Waals surface area contributed by atoms with E-state index in [1.807, 2.05) is 30.5 Å². The molecule has 0 saturated carbocycles. The normalized spacial score (nSPS) is 15.6. The summed E-state index contributed by atoms with van der Waals surface area (Å²) in [4.78, 5) is 12.8. The van der Waals surface area contributed by atoms with Crippen molar-refractivity contribution in [2.24, 2.45) is 5.92 Å². The molecule has 16 heavy (non-hydrogen) atoms. The zero-order chi connectivity index (χ0) is 11.4. The van der Waals surface area contributed by atoms with Crippen LogP contribution in [0.3, 0.4) is 0 Å². The van der Waals surface area contributed by atoms with Crippen LogP contribution in [-0.4, -0.2) is 25.3 Å². The molecule has 3 nitrogen and oxygen atoms in total. The Hall–Kier alpha value is -1.00. The van der Waals surface area contributed by atoms with Crippen molar-refractivity contribution in [3.05, 3.63) is 24.3 Å². The van der Waals surface area contributed by atoms with Crippen LogP contribution in [0.2, 0.25) is 0 Å². The maximum atomic E-state index is 11.7. The number of thioether (sulfide) groups is 1. The molecule has 0 bridgehead atoms. The second-order valence-corrected chi connectivity index (χ2v) is 4.82. The molecular weight excluding hydrogens is 220 g/mol. The van der Waals surface area contributed by atoms with Gasteiger partial charge in [-0.15, -0.1) is 11.8 Å². The topological polar surface area (TPSA) is 41.1 Å². The lowest BCUT2D eigenvalue weighted by molar-refractivity contribution is -0.117. The van der Waals surface area contributed by atoms with Crippen LogP contribution < -0.4 is 10.6 Å². The van der Waals surface area contributed by atoms with E-state index in [1.54, 1.807) is 11.8 Å². The van der Waals surface area contributed by atoms with Crippen LogP contribution in [0.25, 0.3) is 0 Å². The van der Waals surface area contributed by atoms with E-state index < -0.39 is 0 Å². The van der Waals surface area contributed by atoms with Crippen molar-refractivity contribution in [3.63, 3.8) is 0 Å². The zero-order valence-electron chi connectivity index (χ0n) is 9.32. The number of anilines is 1. The van der Waals surface area contributed by atoms with Gasteiger partial charge in [0.15, 0.2) is 0 Å². The van der Waals surface area contributed by atoms with Gasteiger partial charge in [-0.3, -0.25) is 4.79 Å². The molecule has 1 heterocycles. The molecule has 0 spiro atoms. The summed E-state index contributed by atoms with van der Waals surface area (Å²) in [6.45, 7) is 1.94. The molecule has 1 aliphatic rings. The number of rotatable bonds is 4. The summed E-state index contributed by atoms with van der Waals surface area (Å²) in [6, 6.07) is 7.89. The maximum Gasteiger partial charge on any atom is 0.224 e. The van der Waals surface area contributed by atoms with Crippen molar-refractivity contribution in [2.75, 3.05) is 24.7 Å². The number of hydrogen-bond donors (Lipinski definition) is 2. The lowest BCUT2D eigenvalue weighted by atomic mass is 9.99. The highest BCUT2D eigenvalue weighted by molar-refractivity contribution is 7.98. The van der Waals surface area contributed by atoms with Gasteiger partial charge in [-0.2, -0.15) is 0 Å². The molecule has 0 aromatic heterocycles. The predicted molar refractivity (Wildman–Crippen MR) is 67.8 cm³/mol. The van der Waals surface area contributed by atoms with Gasteiger partial charge in [0.1, 0.15) is 0 Å². The third kappa shape index (κ3) is 2.77. The fourth-order valence-electron chi connectivity index (χ4n) is 1.70. The van der Waals surface area contributed by atoms with Crippen LogP contribution in [0.5, 0.6) is 0 Å². The number of nitrogens with one attached hydrogen (secondary N) is 2. The summed E-state index contributed by atoms with van der Waals surface area (Å²) >= 11 is 1.65. The molecule has 4 heteroatoms. The molecule has 1 fully saturated rings. The van der Waals surface area contributed by atoms with Gasteiger partial charge in [0, 0.05) is 11.3 Å². The fourth-order valence-corrected chi connectivity index (χ4v) is 2.26. The summed E-state index contributed by atoms with van der Waals surface area (Å²) in [7, 11) is 0. The van der Waals surface area contributed by atoms with Gasteiger partial charge < -0.3 is 10.6 Å². The summed E-state index contributed by atoms with van der Waals surface area (Å²) in [5.74, 6) is 0.634. The summed E-state index contributed by atoms with van der Waals surface area (Å²) in [5.41, 5.74) is 0.923. The van der Waals surface area contributed by atoms with Gasteiger partial charge in [0.25, 0.3) is 0 Å². The molecule has 1 aliphatic heterocycles. The van der Waals surface area contributed by atoms with E-state index in [2.05, 4.69) is 10.6 Å². The molecule has 0 radical (unpaired) electrons. The third-order valence-corrected chi connectivity index (χ3v) is 3.52. The Morgan fingerprint density at radius 3 is 2.88 bits per heavy atom. The zero-order valence-corrected chi connectivity index (χ0v) is 10.1. The van der Waals surface area contributed by atoms with Crippen LogP contribution in [0.15, 0.2) is 29.2 Å². The van der Waals surface area contributed by atoms with Crippen molar-refractivity contribution in [1.29, 1.82) is 0 Å². The largest absolute Gasteiger partial charge is 0.325 e. The molecule has 1 aromatic rings. The number of hydrogen-bond acceptors (Lipinski definition) is 3. The standard InChI is InChI=1S/C12H16N2OS/c1-16-11-5-3-2-4-10(11)14-12(15)6-9-7-13-8-9/h2-5,9,13H,6-8H2,1H3,(H,14,15). The van der Waals surface area contributed by atoms with Gasteiger partial charge >= 0.3 is 0 Å². The summed E-state index contributed by atoms with van der Waals surface area (Å²) in [5, 5.41) is 6.14. The fraction of sp³-hybridized carbons (Fsp3) is 0.417. The van der Waals surface area contributed by atoms with Crippen molar-refractivity contribution in [1.82, 2.24) is 5.32 Å². The van der Waals surface area contributed by atoms with Gasteiger partial charge in [-0.25, -0.2) is 0 Å². The van der Waals surface area contributed by atoms with E-state index >= 15 is 0 Å². The highest BCUT2D eigenvalue weighted by Gasteiger charge is 2.20. The minimum absolute atomic E-state index is 0.119. The highest BCUT2D eigenvalue weighted by Crippen LogP contribution is 2.25. The van der Waals surface area contributed by atoms with Crippen LogP contribution in [0, 0.1) is 5.92 Å². The Morgan fingerprint density at radius 2 is 2.25 bits per heavy atom. The SMILES string of the molecule is CSc1ccccc1NC(=O)CC1CNC1. The van der Waals surface area contributed by atoms with E-state index in [9.17, 15) is 4.79 Å². The van der Waals surface area contributed by atoms with Crippen molar-refractivity contribution >= 4 is 23.4 Å². The Morgan fingerprint density at radius 1 is 1.50 bits per heavy atom. The Labute approximate surface area is 100.0 Å². The van der Waals surface area contributed by atoms with Gasteiger partial charge in [-0.05, 0) is 37.4 Å². The molecule has 2 N–H and O–H groups in total. The minimum atomic E-state index is 0.119. The monoisotopic (exact) mass is 236 g/mol. The first-order valence-corrected chi connectivity index (χ1v) is 6.65. The number of benzene rings is 1. The van der Waals surface area contributed by atoms with Crippen LogP contribution in [-0.2, 0) is 4.79 Å². The van der Waals surface area contributed by atoms with Crippen molar-refractivity contribution < 1.29 is 4.79 Å². The number of amides is 1. The van der Waals surface area contributed by atoms with E-state index in [0.717, 1.165) is 23.7 Å². The molecule has 2 rings (SSSR count). The van der Waals surface area contributed by atoms with Gasteiger partial charge in [-0.1, -0.05) is 12.1 Å². The Bertz CT molecular complexity index is 377. The molecule has 1 amide bonds. The molecule has 0 atom stereocenters. The lowest BCUT2D eigenvalue weighted by Crippen LogP contribution is -2.43. The van der Waals surface area contributed by atoms with Gasteiger partial charge in [0.05, 0.1) is 5.69 Å². The second-order valence-electron chi connectivity index (χ2n) is 3.98. The molecule has 1 saturated heterocycles. The second kappa shape index (κ2) is 5.37. The van der Waals surface area contributed by atoms with Gasteiger partial charge in [0.2, 0.25) is 5.91 Å². The first-order valence-electron chi connectivity index (χ1n) is 5.43. The minimum Gasteiger partial charge on any atom is -0.325 e. The van der Waals surface area contributed by atoms with E-state index in [4.69, 9.17) is 0 Å². The highest BCUT2D eigenvalue weighted by atomic mass is 32.2. The number of para-hydroxylation sites is 1. The average molecular weight is 236 g/mol.